The van der Waals surface area contributed by atoms with Gasteiger partial charge in [0.2, 0.25) is 0 Å². The van der Waals surface area contributed by atoms with Crippen LogP contribution >= 0.6 is 11.6 Å². The number of rotatable bonds is 4. The summed E-state index contributed by atoms with van der Waals surface area (Å²) in [6.07, 6.45) is 4.09. The first-order valence-corrected chi connectivity index (χ1v) is 6.87. The number of anilines is 1. The van der Waals surface area contributed by atoms with Gasteiger partial charge in [-0.15, -0.1) is 0 Å². The zero-order chi connectivity index (χ0) is 12.1. The Morgan fingerprint density at radius 1 is 1.29 bits per heavy atom. The van der Waals surface area contributed by atoms with Crippen molar-refractivity contribution in [3.63, 3.8) is 0 Å². The maximum atomic E-state index is 5.85. The fourth-order valence-electron chi connectivity index (χ4n) is 2.40. The molecule has 17 heavy (non-hydrogen) atoms. The number of hydrogen-bond donors (Lipinski definition) is 1. The summed E-state index contributed by atoms with van der Waals surface area (Å²) in [7, 11) is 0. The van der Waals surface area contributed by atoms with E-state index < -0.39 is 0 Å². The minimum absolute atomic E-state index is 0.746. The summed E-state index contributed by atoms with van der Waals surface area (Å²) >= 11 is 5.85. The van der Waals surface area contributed by atoms with Crippen LogP contribution in [-0.2, 0) is 0 Å². The van der Waals surface area contributed by atoms with Crippen molar-refractivity contribution < 1.29 is 0 Å². The van der Waals surface area contributed by atoms with Crippen LogP contribution in [0.3, 0.4) is 0 Å². The van der Waals surface area contributed by atoms with E-state index in [1.807, 2.05) is 24.3 Å². The highest BCUT2D eigenvalue weighted by molar-refractivity contribution is 6.30. The van der Waals surface area contributed by atoms with Gasteiger partial charge in [0, 0.05) is 29.8 Å². The third-order valence-corrected chi connectivity index (χ3v) is 3.76. The molecule has 0 aromatic heterocycles. The Kier molecular flexibility index (Phi) is 4.69. The van der Waals surface area contributed by atoms with Crippen molar-refractivity contribution in [1.29, 1.82) is 0 Å². The molecule has 1 N–H and O–H groups in total. The van der Waals surface area contributed by atoms with E-state index in [0.29, 0.717) is 0 Å². The summed E-state index contributed by atoms with van der Waals surface area (Å²) in [5.74, 6) is 0. The molecule has 0 spiro atoms. The van der Waals surface area contributed by atoms with Crippen molar-refractivity contribution in [2.45, 2.75) is 32.2 Å². The standard InChI is InChI=1S/C14H21ClN2/c1-12-4-2-3-10-17(12)11-9-16-14-7-5-13(15)6-8-14/h5-8,12,16H,2-4,9-11H2,1H3. The molecule has 2 rings (SSSR count). The maximum Gasteiger partial charge on any atom is 0.0407 e. The molecule has 0 bridgehead atoms. The van der Waals surface area contributed by atoms with E-state index in [0.717, 1.165) is 29.8 Å². The van der Waals surface area contributed by atoms with Crippen LogP contribution in [0.5, 0.6) is 0 Å². The molecule has 1 aromatic rings. The first-order chi connectivity index (χ1) is 8.25. The molecule has 1 unspecified atom stereocenters. The summed E-state index contributed by atoms with van der Waals surface area (Å²) in [5.41, 5.74) is 1.15. The monoisotopic (exact) mass is 252 g/mol. The quantitative estimate of drug-likeness (QED) is 0.881. The molecule has 3 heteroatoms. The predicted octanol–water partition coefficient (Wildman–Crippen LogP) is 3.63. The number of benzene rings is 1. The average Bonchev–Trinajstić information content (AvgIpc) is 2.34. The second-order valence-corrected chi connectivity index (χ2v) is 5.25. The van der Waals surface area contributed by atoms with Gasteiger partial charge < -0.3 is 5.32 Å². The van der Waals surface area contributed by atoms with Crippen LogP contribution in [0.1, 0.15) is 26.2 Å². The molecule has 1 atom stereocenters. The molecule has 0 amide bonds. The van der Waals surface area contributed by atoms with Crippen molar-refractivity contribution in [2.75, 3.05) is 25.0 Å². The van der Waals surface area contributed by atoms with E-state index in [1.54, 1.807) is 0 Å². The van der Waals surface area contributed by atoms with Crippen LogP contribution in [0.25, 0.3) is 0 Å². The van der Waals surface area contributed by atoms with Gasteiger partial charge >= 0.3 is 0 Å². The molecule has 1 fully saturated rings. The summed E-state index contributed by atoms with van der Waals surface area (Å²) < 4.78 is 0. The van der Waals surface area contributed by atoms with Crippen molar-refractivity contribution >= 4 is 17.3 Å². The van der Waals surface area contributed by atoms with E-state index in [4.69, 9.17) is 11.6 Å². The topological polar surface area (TPSA) is 15.3 Å². The molecule has 1 aromatic carbocycles. The zero-order valence-electron chi connectivity index (χ0n) is 10.5. The number of nitrogens with one attached hydrogen (secondary N) is 1. The molecule has 0 saturated carbocycles. The molecular weight excluding hydrogens is 232 g/mol. The van der Waals surface area contributed by atoms with Crippen LogP contribution in [0.15, 0.2) is 24.3 Å². The zero-order valence-corrected chi connectivity index (χ0v) is 11.2. The minimum atomic E-state index is 0.746. The largest absolute Gasteiger partial charge is 0.384 e. The molecular formula is C14H21ClN2. The third-order valence-electron chi connectivity index (χ3n) is 3.51. The molecule has 0 aliphatic carbocycles. The van der Waals surface area contributed by atoms with Gasteiger partial charge in [0.1, 0.15) is 0 Å². The molecule has 94 valence electrons. The Balaban J connectivity index is 1.73. The number of piperidine rings is 1. The summed E-state index contributed by atoms with van der Waals surface area (Å²) in [6, 6.07) is 8.65. The molecule has 0 radical (unpaired) electrons. The van der Waals surface area contributed by atoms with Crippen LogP contribution in [0.2, 0.25) is 5.02 Å². The van der Waals surface area contributed by atoms with E-state index in [-0.39, 0.29) is 0 Å². The molecule has 2 nitrogen and oxygen atoms in total. The summed E-state index contributed by atoms with van der Waals surface area (Å²) in [4.78, 5) is 2.58. The van der Waals surface area contributed by atoms with Gasteiger partial charge in [-0.25, -0.2) is 0 Å². The number of likely N-dealkylation sites (tertiary alicyclic amines) is 1. The lowest BCUT2D eigenvalue weighted by Gasteiger charge is -2.33. The summed E-state index contributed by atoms with van der Waals surface area (Å²) in [5, 5.41) is 4.23. The van der Waals surface area contributed by atoms with Gasteiger partial charge in [-0.2, -0.15) is 0 Å². The smallest absolute Gasteiger partial charge is 0.0407 e. The molecule has 1 aliphatic heterocycles. The lowest BCUT2D eigenvalue weighted by atomic mass is 10.0. The van der Waals surface area contributed by atoms with Crippen LogP contribution in [0, 0.1) is 0 Å². The van der Waals surface area contributed by atoms with Crippen LogP contribution in [-0.4, -0.2) is 30.6 Å². The number of hydrogen-bond acceptors (Lipinski definition) is 2. The Hall–Kier alpha value is -0.730. The third kappa shape index (κ3) is 3.90. The number of nitrogens with zero attached hydrogens (tertiary/aromatic N) is 1. The second kappa shape index (κ2) is 6.27. The SMILES string of the molecule is CC1CCCCN1CCNc1ccc(Cl)cc1. The van der Waals surface area contributed by atoms with Gasteiger partial charge in [-0.05, 0) is 50.6 Å². The second-order valence-electron chi connectivity index (χ2n) is 4.81. The maximum absolute atomic E-state index is 5.85. The Labute approximate surface area is 109 Å². The Bertz CT molecular complexity index is 337. The van der Waals surface area contributed by atoms with Crippen molar-refractivity contribution in [3.05, 3.63) is 29.3 Å². The van der Waals surface area contributed by atoms with E-state index >= 15 is 0 Å². The van der Waals surface area contributed by atoms with Gasteiger partial charge in [-0.3, -0.25) is 4.90 Å². The van der Waals surface area contributed by atoms with E-state index in [2.05, 4.69) is 17.1 Å². The van der Waals surface area contributed by atoms with Crippen molar-refractivity contribution in [3.8, 4) is 0 Å². The van der Waals surface area contributed by atoms with E-state index in [1.165, 1.54) is 25.8 Å². The first kappa shape index (κ1) is 12.7. The minimum Gasteiger partial charge on any atom is -0.384 e. The van der Waals surface area contributed by atoms with Gasteiger partial charge in [-0.1, -0.05) is 18.0 Å². The average molecular weight is 253 g/mol. The lowest BCUT2D eigenvalue weighted by molar-refractivity contribution is 0.167. The Morgan fingerprint density at radius 2 is 2.06 bits per heavy atom. The fraction of sp³-hybridized carbons (Fsp3) is 0.571. The van der Waals surface area contributed by atoms with Crippen LogP contribution < -0.4 is 5.32 Å². The molecule has 1 saturated heterocycles. The molecule has 1 heterocycles. The summed E-state index contributed by atoms with van der Waals surface area (Å²) in [6.45, 7) is 5.72. The molecule has 1 aliphatic rings. The van der Waals surface area contributed by atoms with Gasteiger partial charge in [0.15, 0.2) is 0 Å². The number of halogens is 1. The first-order valence-electron chi connectivity index (χ1n) is 6.49. The normalized spacial score (nSPS) is 21.4. The highest BCUT2D eigenvalue weighted by atomic mass is 35.5. The van der Waals surface area contributed by atoms with Crippen molar-refractivity contribution in [1.82, 2.24) is 4.90 Å². The van der Waals surface area contributed by atoms with Gasteiger partial charge in [0.25, 0.3) is 0 Å². The highest BCUT2D eigenvalue weighted by Gasteiger charge is 2.16. The van der Waals surface area contributed by atoms with E-state index in [9.17, 15) is 0 Å². The highest BCUT2D eigenvalue weighted by Crippen LogP contribution is 2.16. The lowest BCUT2D eigenvalue weighted by Crippen LogP contribution is -2.40. The van der Waals surface area contributed by atoms with Crippen molar-refractivity contribution in [2.24, 2.45) is 0 Å². The Morgan fingerprint density at radius 3 is 2.76 bits per heavy atom. The van der Waals surface area contributed by atoms with Crippen LogP contribution in [0.4, 0.5) is 5.69 Å². The fourth-order valence-corrected chi connectivity index (χ4v) is 2.53. The van der Waals surface area contributed by atoms with Gasteiger partial charge in [0.05, 0.1) is 0 Å². The predicted molar refractivity (Wildman–Crippen MR) is 74.8 cm³/mol.